The van der Waals surface area contributed by atoms with Gasteiger partial charge in [-0.1, -0.05) is 17.8 Å². The number of benzene rings is 1. The molecule has 1 aromatic carbocycles. The standard InChI is InChI=1S/C19H20N6O2S/c1-3-25-18(14-7-9-16(27-2)10-8-14)23-24-19(25)28-13-17(26)22-21-12-15-6-4-5-11-20-15/h4-12H,3,13H2,1-2H3,(H,22,26)/b21-12+. The van der Waals surface area contributed by atoms with Crippen LogP contribution in [0.3, 0.4) is 0 Å². The van der Waals surface area contributed by atoms with Crippen molar-refractivity contribution >= 4 is 23.9 Å². The maximum absolute atomic E-state index is 12.0. The number of amides is 1. The van der Waals surface area contributed by atoms with E-state index in [0.29, 0.717) is 17.4 Å². The summed E-state index contributed by atoms with van der Waals surface area (Å²) >= 11 is 1.31. The number of methoxy groups -OCH3 is 1. The number of hydrogen-bond donors (Lipinski definition) is 1. The summed E-state index contributed by atoms with van der Waals surface area (Å²) in [4.78, 5) is 16.1. The number of hydrazone groups is 1. The summed E-state index contributed by atoms with van der Waals surface area (Å²) in [5, 5.41) is 13.1. The third-order valence-electron chi connectivity index (χ3n) is 3.79. The van der Waals surface area contributed by atoms with Crippen LogP contribution in [0.15, 0.2) is 58.9 Å². The van der Waals surface area contributed by atoms with Crippen molar-refractivity contribution in [2.45, 2.75) is 18.6 Å². The van der Waals surface area contributed by atoms with Crippen molar-refractivity contribution in [3.63, 3.8) is 0 Å². The van der Waals surface area contributed by atoms with Crippen LogP contribution in [0.25, 0.3) is 11.4 Å². The Balaban J connectivity index is 1.60. The molecule has 8 nitrogen and oxygen atoms in total. The quantitative estimate of drug-likeness (QED) is 0.357. The SMILES string of the molecule is CCn1c(SCC(=O)N/N=C/c2ccccn2)nnc1-c1ccc(OC)cc1. The van der Waals surface area contributed by atoms with Gasteiger partial charge in [-0.3, -0.25) is 9.78 Å². The molecular weight excluding hydrogens is 376 g/mol. The Morgan fingerprint density at radius 1 is 1.25 bits per heavy atom. The summed E-state index contributed by atoms with van der Waals surface area (Å²) in [5.74, 6) is 1.49. The zero-order chi connectivity index (χ0) is 19.8. The number of ether oxygens (including phenoxy) is 1. The fourth-order valence-electron chi connectivity index (χ4n) is 2.42. The Morgan fingerprint density at radius 2 is 2.07 bits per heavy atom. The summed E-state index contributed by atoms with van der Waals surface area (Å²) in [6.45, 7) is 2.70. The zero-order valence-electron chi connectivity index (χ0n) is 15.6. The van der Waals surface area contributed by atoms with Crippen LogP contribution in [0.4, 0.5) is 0 Å². The normalized spacial score (nSPS) is 10.9. The summed E-state index contributed by atoms with van der Waals surface area (Å²) in [6.07, 6.45) is 3.16. The highest BCUT2D eigenvalue weighted by molar-refractivity contribution is 7.99. The molecule has 144 valence electrons. The lowest BCUT2D eigenvalue weighted by Crippen LogP contribution is -2.20. The van der Waals surface area contributed by atoms with Gasteiger partial charge >= 0.3 is 0 Å². The van der Waals surface area contributed by atoms with Crippen LogP contribution >= 0.6 is 11.8 Å². The highest BCUT2D eigenvalue weighted by Crippen LogP contribution is 2.25. The van der Waals surface area contributed by atoms with Crippen molar-refractivity contribution in [1.82, 2.24) is 25.2 Å². The van der Waals surface area contributed by atoms with E-state index in [1.54, 1.807) is 19.4 Å². The largest absolute Gasteiger partial charge is 0.497 e. The van der Waals surface area contributed by atoms with Gasteiger partial charge in [-0.15, -0.1) is 10.2 Å². The molecule has 1 N–H and O–H groups in total. The Labute approximate surface area is 167 Å². The molecule has 0 fully saturated rings. The number of nitrogens with one attached hydrogen (secondary N) is 1. The molecule has 3 aromatic rings. The number of rotatable bonds is 8. The Kier molecular flexibility index (Phi) is 6.74. The molecule has 0 atom stereocenters. The summed E-state index contributed by atoms with van der Waals surface area (Å²) in [5.41, 5.74) is 4.10. The molecule has 0 bridgehead atoms. The first-order valence-electron chi connectivity index (χ1n) is 8.64. The Bertz CT molecular complexity index is 941. The van der Waals surface area contributed by atoms with Crippen LogP contribution in [0, 0.1) is 0 Å². The molecule has 0 aliphatic heterocycles. The highest BCUT2D eigenvalue weighted by atomic mass is 32.2. The molecule has 3 rings (SSSR count). The molecule has 2 heterocycles. The maximum Gasteiger partial charge on any atom is 0.250 e. The lowest BCUT2D eigenvalue weighted by atomic mass is 10.2. The second kappa shape index (κ2) is 9.65. The molecule has 28 heavy (non-hydrogen) atoms. The van der Waals surface area contributed by atoms with E-state index in [0.717, 1.165) is 17.1 Å². The van der Waals surface area contributed by atoms with E-state index in [-0.39, 0.29) is 11.7 Å². The van der Waals surface area contributed by atoms with E-state index in [2.05, 4.69) is 25.7 Å². The van der Waals surface area contributed by atoms with Gasteiger partial charge in [0.15, 0.2) is 11.0 Å². The minimum atomic E-state index is -0.228. The first-order valence-corrected chi connectivity index (χ1v) is 9.63. The van der Waals surface area contributed by atoms with Crippen LogP contribution in [-0.4, -0.2) is 44.7 Å². The topological polar surface area (TPSA) is 94.3 Å². The van der Waals surface area contributed by atoms with Crippen molar-refractivity contribution in [3.8, 4) is 17.1 Å². The molecule has 0 saturated carbocycles. The highest BCUT2D eigenvalue weighted by Gasteiger charge is 2.14. The Hall–Kier alpha value is -3.20. The predicted molar refractivity (Wildman–Crippen MR) is 108 cm³/mol. The summed E-state index contributed by atoms with van der Waals surface area (Å²) < 4.78 is 7.15. The summed E-state index contributed by atoms with van der Waals surface area (Å²) in [6, 6.07) is 13.1. The van der Waals surface area contributed by atoms with Gasteiger partial charge in [0.1, 0.15) is 5.75 Å². The fourth-order valence-corrected chi connectivity index (χ4v) is 3.21. The molecule has 1 amide bonds. The molecular formula is C19H20N6O2S. The smallest absolute Gasteiger partial charge is 0.250 e. The molecule has 0 unspecified atom stereocenters. The minimum absolute atomic E-state index is 0.181. The van der Waals surface area contributed by atoms with Gasteiger partial charge in [0, 0.05) is 18.3 Å². The van der Waals surface area contributed by atoms with E-state index in [4.69, 9.17) is 4.74 Å². The lowest BCUT2D eigenvalue weighted by molar-refractivity contribution is -0.118. The molecule has 0 saturated heterocycles. The molecule has 0 radical (unpaired) electrons. The van der Waals surface area contributed by atoms with Crippen LogP contribution in [0.1, 0.15) is 12.6 Å². The van der Waals surface area contributed by atoms with Gasteiger partial charge in [0.25, 0.3) is 5.91 Å². The van der Waals surface area contributed by atoms with E-state index >= 15 is 0 Å². The van der Waals surface area contributed by atoms with Crippen LogP contribution in [-0.2, 0) is 11.3 Å². The monoisotopic (exact) mass is 396 g/mol. The number of thioether (sulfide) groups is 1. The minimum Gasteiger partial charge on any atom is -0.497 e. The van der Waals surface area contributed by atoms with Crippen LogP contribution < -0.4 is 10.2 Å². The van der Waals surface area contributed by atoms with Crippen molar-refractivity contribution in [1.29, 1.82) is 0 Å². The van der Waals surface area contributed by atoms with Crippen molar-refractivity contribution in [2.24, 2.45) is 5.10 Å². The number of pyridine rings is 1. The number of aromatic nitrogens is 4. The average molecular weight is 396 g/mol. The van der Waals surface area contributed by atoms with Gasteiger partial charge < -0.3 is 9.30 Å². The Morgan fingerprint density at radius 3 is 2.75 bits per heavy atom. The number of carbonyl (C=O) groups is 1. The number of nitrogens with zero attached hydrogens (tertiary/aromatic N) is 5. The number of hydrogen-bond acceptors (Lipinski definition) is 7. The summed E-state index contributed by atoms with van der Waals surface area (Å²) in [7, 11) is 1.63. The maximum atomic E-state index is 12.0. The number of carbonyl (C=O) groups excluding carboxylic acids is 1. The zero-order valence-corrected chi connectivity index (χ0v) is 16.4. The van der Waals surface area contributed by atoms with E-state index in [1.165, 1.54) is 18.0 Å². The van der Waals surface area contributed by atoms with Gasteiger partial charge in [-0.2, -0.15) is 5.10 Å². The lowest BCUT2D eigenvalue weighted by Gasteiger charge is -2.07. The first-order chi connectivity index (χ1) is 13.7. The predicted octanol–water partition coefficient (Wildman–Crippen LogP) is 2.61. The van der Waals surface area contributed by atoms with E-state index in [1.807, 2.05) is 47.9 Å². The molecule has 9 heteroatoms. The molecule has 2 aromatic heterocycles. The van der Waals surface area contributed by atoms with E-state index in [9.17, 15) is 4.79 Å². The fraction of sp³-hybridized carbons (Fsp3) is 0.211. The van der Waals surface area contributed by atoms with Crippen LogP contribution in [0.2, 0.25) is 0 Å². The average Bonchev–Trinajstić information content (AvgIpc) is 3.16. The molecule has 0 aliphatic carbocycles. The second-order valence-electron chi connectivity index (χ2n) is 5.62. The second-order valence-corrected chi connectivity index (χ2v) is 6.56. The van der Waals surface area contributed by atoms with Gasteiger partial charge in [-0.25, -0.2) is 5.43 Å². The van der Waals surface area contributed by atoms with E-state index < -0.39 is 0 Å². The van der Waals surface area contributed by atoms with Crippen molar-refractivity contribution < 1.29 is 9.53 Å². The van der Waals surface area contributed by atoms with Gasteiger partial charge in [-0.05, 0) is 43.3 Å². The third kappa shape index (κ3) is 4.95. The first kappa shape index (κ1) is 19.6. The van der Waals surface area contributed by atoms with Crippen molar-refractivity contribution in [2.75, 3.05) is 12.9 Å². The van der Waals surface area contributed by atoms with Gasteiger partial charge in [0.2, 0.25) is 0 Å². The van der Waals surface area contributed by atoms with Crippen LogP contribution in [0.5, 0.6) is 5.75 Å². The molecule has 0 aliphatic rings. The van der Waals surface area contributed by atoms with Crippen molar-refractivity contribution in [3.05, 3.63) is 54.4 Å². The third-order valence-corrected chi connectivity index (χ3v) is 4.75. The van der Waals surface area contributed by atoms with Gasteiger partial charge in [0.05, 0.1) is 24.8 Å². The molecule has 0 spiro atoms.